The largest absolute Gasteiger partial charge is 0.340 e. The van der Waals surface area contributed by atoms with Gasteiger partial charge in [-0.05, 0) is 19.4 Å². The molecule has 2 rings (SSSR count). The van der Waals surface area contributed by atoms with Crippen LogP contribution in [0.15, 0.2) is 29.2 Å². The first kappa shape index (κ1) is 19.3. The zero-order chi connectivity index (χ0) is 18.6. The monoisotopic (exact) mass is 370 g/mol. The lowest BCUT2D eigenvalue weighted by Gasteiger charge is -2.34. The summed E-state index contributed by atoms with van der Waals surface area (Å²) in [5.41, 5.74) is 5.37. The molecule has 1 atom stereocenters. The maximum Gasteiger partial charge on any atom is 0.270 e. The summed E-state index contributed by atoms with van der Waals surface area (Å²) in [4.78, 5) is 23.8. The van der Waals surface area contributed by atoms with Gasteiger partial charge in [0.2, 0.25) is 15.9 Å². The Labute approximate surface area is 146 Å². The molecule has 1 amide bonds. The molecular weight excluding hydrogens is 348 g/mol. The van der Waals surface area contributed by atoms with Crippen LogP contribution in [0.4, 0.5) is 5.69 Å². The summed E-state index contributed by atoms with van der Waals surface area (Å²) < 4.78 is 26.5. The topological polar surface area (TPSA) is 127 Å². The maximum absolute atomic E-state index is 12.6. The Kier molecular flexibility index (Phi) is 6.09. The zero-order valence-corrected chi connectivity index (χ0v) is 14.8. The first-order valence-corrected chi connectivity index (χ1v) is 9.44. The van der Waals surface area contributed by atoms with Crippen molar-refractivity contribution in [2.24, 2.45) is 5.73 Å². The van der Waals surface area contributed by atoms with Crippen LogP contribution in [0.2, 0.25) is 0 Å². The van der Waals surface area contributed by atoms with Gasteiger partial charge in [-0.3, -0.25) is 14.9 Å². The van der Waals surface area contributed by atoms with Crippen LogP contribution in [-0.4, -0.2) is 60.7 Å². The first-order chi connectivity index (χ1) is 11.7. The Hall–Kier alpha value is -2.04. The Morgan fingerprint density at radius 3 is 2.52 bits per heavy atom. The molecule has 0 aliphatic carbocycles. The summed E-state index contributed by atoms with van der Waals surface area (Å²) in [6.45, 7) is 2.75. The van der Waals surface area contributed by atoms with E-state index in [1.807, 2.05) is 6.92 Å². The van der Waals surface area contributed by atoms with Crippen molar-refractivity contribution in [3.63, 3.8) is 0 Å². The summed E-state index contributed by atoms with van der Waals surface area (Å²) in [5.74, 6) is -0.0373. The van der Waals surface area contributed by atoms with E-state index in [9.17, 15) is 23.3 Å². The van der Waals surface area contributed by atoms with E-state index in [0.29, 0.717) is 25.9 Å². The highest BCUT2D eigenvalue weighted by Crippen LogP contribution is 2.22. The van der Waals surface area contributed by atoms with Crippen molar-refractivity contribution in [1.29, 1.82) is 0 Å². The quantitative estimate of drug-likeness (QED) is 0.576. The predicted molar refractivity (Wildman–Crippen MR) is 91.3 cm³/mol. The van der Waals surface area contributed by atoms with Gasteiger partial charge in [0, 0.05) is 50.8 Å². The third-order valence-electron chi connectivity index (χ3n) is 4.07. The number of sulfonamides is 1. The lowest BCUT2D eigenvalue weighted by Crippen LogP contribution is -2.50. The molecule has 0 spiro atoms. The van der Waals surface area contributed by atoms with E-state index in [1.165, 1.54) is 22.5 Å². The normalized spacial score (nSPS) is 17.3. The van der Waals surface area contributed by atoms with E-state index in [2.05, 4.69) is 0 Å². The summed E-state index contributed by atoms with van der Waals surface area (Å²) in [6.07, 6.45) is 0.931. The van der Waals surface area contributed by atoms with E-state index in [4.69, 9.17) is 5.73 Å². The molecular formula is C15H22N4O5S. The number of hydrogen-bond donors (Lipinski definition) is 1. The minimum Gasteiger partial charge on any atom is -0.340 e. The summed E-state index contributed by atoms with van der Waals surface area (Å²) in [7, 11) is -3.82. The molecule has 1 aromatic rings. The summed E-state index contributed by atoms with van der Waals surface area (Å²) in [6, 6.07) is 4.92. The predicted octanol–water partition coefficient (Wildman–Crippen LogP) is 0.555. The van der Waals surface area contributed by atoms with Gasteiger partial charge < -0.3 is 10.6 Å². The van der Waals surface area contributed by atoms with Crippen LogP contribution in [0.3, 0.4) is 0 Å². The average molecular weight is 370 g/mol. The lowest BCUT2D eigenvalue weighted by molar-refractivity contribution is -0.385. The van der Waals surface area contributed by atoms with Crippen molar-refractivity contribution in [2.45, 2.75) is 30.7 Å². The first-order valence-electron chi connectivity index (χ1n) is 8.00. The Morgan fingerprint density at radius 2 is 1.96 bits per heavy atom. The number of nitrogens with zero attached hydrogens (tertiary/aromatic N) is 3. The second-order valence-corrected chi connectivity index (χ2v) is 7.99. The number of nitro benzene ring substituents is 1. The van der Waals surface area contributed by atoms with Crippen LogP contribution in [0.1, 0.15) is 19.8 Å². The van der Waals surface area contributed by atoms with Crippen molar-refractivity contribution < 1.29 is 18.1 Å². The van der Waals surface area contributed by atoms with Crippen LogP contribution in [-0.2, 0) is 14.8 Å². The Balaban J connectivity index is 2.03. The number of nitrogens with two attached hydrogens (primary N) is 1. The van der Waals surface area contributed by atoms with Gasteiger partial charge in [0.1, 0.15) is 0 Å². The molecule has 1 aromatic carbocycles. The minimum atomic E-state index is -3.82. The van der Waals surface area contributed by atoms with Gasteiger partial charge in [0.15, 0.2) is 0 Å². The van der Waals surface area contributed by atoms with Crippen molar-refractivity contribution in [1.82, 2.24) is 9.21 Å². The number of carbonyl (C=O) groups excluding carboxylic acids is 1. The van der Waals surface area contributed by atoms with Crippen LogP contribution in [0.25, 0.3) is 0 Å². The number of benzene rings is 1. The van der Waals surface area contributed by atoms with E-state index >= 15 is 0 Å². The van der Waals surface area contributed by atoms with E-state index < -0.39 is 14.9 Å². The number of amides is 1. The smallest absolute Gasteiger partial charge is 0.270 e. The number of nitro groups is 1. The SMILES string of the molecule is CC(N)CCC(=O)N1CCN(S(=O)(=O)c2cccc([N+](=O)[O-])c2)CC1. The highest BCUT2D eigenvalue weighted by atomic mass is 32.2. The van der Waals surface area contributed by atoms with Crippen LogP contribution in [0.5, 0.6) is 0 Å². The second kappa shape index (κ2) is 7.89. The molecule has 25 heavy (non-hydrogen) atoms. The number of piperazine rings is 1. The molecule has 9 nitrogen and oxygen atoms in total. The van der Waals surface area contributed by atoms with Crippen LogP contribution in [0, 0.1) is 10.1 Å². The summed E-state index contributed by atoms with van der Waals surface area (Å²) >= 11 is 0. The van der Waals surface area contributed by atoms with E-state index in [-0.39, 0.29) is 35.6 Å². The molecule has 1 aliphatic heterocycles. The molecule has 1 aliphatic rings. The standard InChI is InChI=1S/C15H22N4O5S/c1-12(16)5-6-15(20)17-7-9-18(10-8-17)25(23,24)14-4-2-3-13(11-14)19(21)22/h2-4,11-12H,5-10,16H2,1H3. The zero-order valence-electron chi connectivity index (χ0n) is 14.0. The Morgan fingerprint density at radius 1 is 1.32 bits per heavy atom. The van der Waals surface area contributed by atoms with Gasteiger partial charge in [-0.15, -0.1) is 0 Å². The molecule has 0 saturated carbocycles. The molecule has 2 N–H and O–H groups in total. The van der Waals surface area contributed by atoms with Gasteiger partial charge in [-0.25, -0.2) is 8.42 Å². The molecule has 0 aromatic heterocycles. The Bertz CT molecular complexity index is 742. The third-order valence-corrected chi connectivity index (χ3v) is 5.97. The van der Waals surface area contributed by atoms with E-state index in [1.54, 1.807) is 4.90 Å². The molecule has 0 radical (unpaired) electrons. The lowest BCUT2D eigenvalue weighted by atomic mass is 10.2. The highest BCUT2D eigenvalue weighted by Gasteiger charge is 2.30. The maximum atomic E-state index is 12.6. The van der Waals surface area contributed by atoms with Crippen LogP contribution < -0.4 is 5.73 Å². The van der Waals surface area contributed by atoms with E-state index in [0.717, 1.165) is 6.07 Å². The third kappa shape index (κ3) is 4.74. The number of hydrogen-bond acceptors (Lipinski definition) is 6. The van der Waals surface area contributed by atoms with Crippen molar-refractivity contribution in [2.75, 3.05) is 26.2 Å². The number of rotatable bonds is 6. The van der Waals surface area contributed by atoms with Crippen LogP contribution >= 0.6 is 0 Å². The van der Waals surface area contributed by atoms with Gasteiger partial charge >= 0.3 is 0 Å². The molecule has 1 unspecified atom stereocenters. The molecule has 138 valence electrons. The minimum absolute atomic E-state index is 0.0373. The molecule has 1 saturated heterocycles. The van der Waals surface area contributed by atoms with Crippen molar-refractivity contribution in [3.8, 4) is 0 Å². The van der Waals surface area contributed by atoms with Gasteiger partial charge in [0.25, 0.3) is 5.69 Å². The van der Waals surface area contributed by atoms with Gasteiger partial charge in [0.05, 0.1) is 9.82 Å². The number of non-ortho nitro benzene ring substituents is 1. The van der Waals surface area contributed by atoms with Gasteiger partial charge in [-0.1, -0.05) is 6.07 Å². The average Bonchev–Trinajstić information content (AvgIpc) is 2.59. The number of carbonyl (C=O) groups is 1. The fraction of sp³-hybridized carbons (Fsp3) is 0.533. The van der Waals surface area contributed by atoms with Crippen molar-refractivity contribution in [3.05, 3.63) is 34.4 Å². The second-order valence-electron chi connectivity index (χ2n) is 6.06. The molecule has 0 bridgehead atoms. The fourth-order valence-corrected chi connectivity index (χ4v) is 4.06. The van der Waals surface area contributed by atoms with Crippen molar-refractivity contribution >= 4 is 21.6 Å². The highest BCUT2D eigenvalue weighted by molar-refractivity contribution is 7.89. The molecule has 1 heterocycles. The molecule has 1 fully saturated rings. The molecule has 10 heteroatoms. The summed E-state index contributed by atoms with van der Waals surface area (Å²) in [5, 5.41) is 10.8. The fourth-order valence-electron chi connectivity index (χ4n) is 2.59. The van der Waals surface area contributed by atoms with Gasteiger partial charge in [-0.2, -0.15) is 4.31 Å².